The van der Waals surface area contributed by atoms with Crippen LogP contribution in [0.25, 0.3) is 0 Å². The number of amidine groups is 1. The van der Waals surface area contributed by atoms with Gasteiger partial charge in [0, 0.05) is 5.56 Å². The van der Waals surface area contributed by atoms with Crippen LogP contribution in [-0.4, -0.2) is 29.0 Å². The minimum Gasteiger partial charge on any atom is -0.409 e. The van der Waals surface area contributed by atoms with Crippen LogP contribution in [0.3, 0.4) is 0 Å². The van der Waals surface area contributed by atoms with Crippen molar-refractivity contribution in [2.24, 2.45) is 10.9 Å². The van der Waals surface area contributed by atoms with Crippen LogP contribution >= 0.6 is 11.8 Å². The summed E-state index contributed by atoms with van der Waals surface area (Å²) in [6.07, 6.45) is -2.86. The van der Waals surface area contributed by atoms with Crippen LogP contribution in [0, 0.1) is 0 Å². The first-order valence-corrected chi connectivity index (χ1v) is 6.67. The molecule has 1 rings (SSSR count). The number of hydrogen-bond acceptors (Lipinski definition) is 4. The second-order valence-electron chi connectivity index (χ2n) is 3.72. The Bertz CT molecular complexity index is 532. The zero-order chi connectivity index (χ0) is 15.3. The number of carbonyl (C=O) groups is 1. The fourth-order valence-electron chi connectivity index (χ4n) is 1.41. The average molecular weight is 307 g/mol. The van der Waals surface area contributed by atoms with Gasteiger partial charge in [0.1, 0.15) is 0 Å². The van der Waals surface area contributed by atoms with Crippen molar-refractivity contribution < 1.29 is 23.2 Å². The molecule has 0 fully saturated rings. The molecule has 0 saturated heterocycles. The van der Waals surface area contributed by atoms with Gasteiger partial charge in [-0.3, -0.25) is 4.79 Å². The first-order valence-electron chi connectivity index (χ1n) is 5.27. The fraction of sp³-hybridized carbons (Fsp3) is 0.273. The van der Waals surface area contributed by atoms with E-state index in [-0.39, 0.29) is 17.0 Å². The molecule has 0 aromatic heterocycles. The van der Waals surface area contributed by atoms with Gasteiger partial charge in [0.05, 0.1) is 17.0 Å². The third-order valence-corrected chi connectivity index (χ3v) is 2.83. The van der Waals surface area contributed by atoms with Gasteiger partial charge in [0.15, 0.2) is 5.84 Å². The molecule has 0 atom stereocenters. The summed E-state index contributed by atoms with van der Waals surface area (Å²) in [5.74, 6) is -0.781. The van der Waals surface area contributed by atoms with Crippen molar-refractivity contribution in [2.45, 2.75) is 6.18 Å². The SMILES string of the molecule is CSCC(=O)Nc1ccc(C(F)(F)F)cc1/C(N)=N/O. The Morgan fingerprint density at radius 3 is 2.65 bits per heavy atom. The van der Waals surface area contributed by atoms with E-state index in [1.54, 1.807) is 6.26 Å². The third kappa shape index (κ3) is 4.05. The van der Waals surface area contributed by atoms with Gasteiger partial charge in [0.2, 0.25) is 5.91 Å². The number of thioether (sulfide) groups is 1. The lowest BCUT2D eigenvalue weighted by atomic mass is 10.1. The lowest BCUT2D eigenvalue weighted by Gasteiger charge is -2.13. The standard InChI is InChI=1S/C11H12F3N3O2S/c1-20-5-9(18)16-8-3-2-6(11(12,13)14)4-7(8)10(15)17-19/h2-4,19H,5H2,1H3,(H2,15,17)(H,16,18). The molecule has 1 amide bonds. The van der Waals surface area contributed by atoms with E-state index in [0.717, 1.165) is 12.1 Å². The molecule has 0 aliphatic heterocycles. The second kappa shape index (κ2) is 6.51. The predicted molar refractivity (Wildman–Crippen MR) is 71.0 cm³/mol. The van der Waals surface area contributed by atoms with Crippen molar-refractivity contribution in [3.63, 3.8) is 0 Å². The summed E-state index contributed by atoms with van der Waals surface area (Å²) in [7, 11) is 0. The van der Waals surface area contributed by atoms with Crippen LogP contribution in [0.2, 0.25) is 0 Å². The lowest BCUT2D eigenvalue weighted by Crippen LogP contribution is -2.21. The van der Waals surface area contributed by atoms with E-state index in [4.69, 9.17) is 10.9 Å². The Morgan fingerprint density at radius 2 is 2.15 bits per heavy atom. The van der Waals surface area contributed by atoms with Crippen LogP contribution in [0.15, 0.2) is 23.4 Å². The van der Waals surface area contributed by atoms with Crippen molar-refractivity contribution in [3.05, 3.63) is 29.3 Å². The smallest absolute Gasteiger partial charge is 0.409 e. The predicted octanol–water partition coefficient (Wildman–Crippen LogP) is 2.10. The van der Waals surface area contributed by atoms with Gasteiger partial charge >= 0.3 is 6.18 Å². The molecule has 0 aliphatic carbocycles. The maximum Gasteiger partial charge on any atom is 0.416 e. The Morgan fingerprint density at radius 1 is 1.50 bits per heavy atom. The number of amides is 1. The minimum atomic E-state index is -4.56. The number of nitrogens with zero attached hydrogens (tertiary/aromatic N) is 1. The second-order valence-corrected chi connectivity index (χ2v) is 4.59. The molecule has 5 nitrogen and oxygen atoms in total. The number of halogens is 3. The summed E-state index contributed by atoms with van der Waals surface area (Å²) < 4.78 is 37.8. The summed E-state index contributed by atoms with van der Waals surface area (Å²) >= 11 is 1.25. The zero-order valence-corrected chi connectivity index (χ0v) is 11.2. The molecule has 0 radical (unpaired) electrons. The number of rotatable bonds is 4. The van der Waals surface area contributed by atoms with Gasteiger partial charge < -0.3 is 16.3 Å². The van der Waals surface area contributed by atoms with Gasteiger partial charge in [-0.25, -0.2) is 0 Å². The summed E-state index contributed by atoms with van der Waals surface area (Å²) in [4.78, 5) is 11.5. The van der Waals surface area contributed by atoms with Crippen LogP contribution < -0.4 is 11.1 Å². The van der Waals surface area contributed by atoms with Crippen LogP contribution in [0.4, 0.5) is 18.9 Å². The minimum absolute atomic E-state index is 0.0485. The number of nitrogens with one attached hydrogen (secondary N) is 1. The van der Waals surface area contributed by atoms with Crippen molar-refractivity contribution >= 4 is 29.2 Å². The number of benzene rings is 1. The maximum absolute atomic E-state index is 12.6. The zero-order valence-electron chi connectivity index (χ0n) is 10.4. The van der Waals surface area contributed by atoms with Gasteiger partial charge in [-0.2, -0.15) is 24.9 Å². The van der Waals surface area contributed by atoms with Crippen molar-refractivity contribution in [1.29, 1.82) is 0 Å². The molecule has 1 aromatic carbocycles. The summed E-state index contributed by atoms with van der Waals surface area (Å²) in [6.45, 7) is 0. The quantitative estimate of drug-likeness (QED) is 0.344. The van der Waals surface area contributed by atoms with E-state index in [2.05, 4.69) is 10.5 Å². The Labute approximate surface area is 117 Å². The molecule has 9 heteroatoms. The highest BCUT2D eigenvalue weighted by atomic mass is 32.2. The first kappa shape index (κ1) is 16.2. The summed E-state index contributed by atoms with van der Waals surface area (Å²) in [5.41, 5.74) is 4.23. The molecule has 0 heterocycles. The van der Waals surface area contributed by atoms with Gasteiger partial charge in [-0.1, -0.05) is 5.16 Å². The summed E-state index contributed by atoms with van der Waals surface area (Å²) in [6, 6.07) is 2.58. The number of anilines is 1. The van der Waals surface area contributed by atoms with E-state index in [1.807, 2.05) is 0 Å². The van der Waals surface area contributed by atoms with Crippen LogP contribution in [0.1, 0.15) is 11.1 Å². The number of hydrogen-bond donors (Lipinski definition) is 3. The molecule has 4 N–H and O–H groups in total. The molecular formula is C11H12F3N3O2S. The molecule has 0 unspecified atom stereocenters. The topological polar surface area (TPSA) is 87.7 Å². The Hall–Kier alpha value is -1.90. The average Bonchev–Trinajstić information content (AvgIpc) is 2.37. The normalized spacial score (nSPS) is 12.3. The largest absolute Gasteiger partial charge is 0.416 e. The highest BCUT2D eigenvalue weighted by Crippen LogP contribution is 2.31. The number of carbonyl (C=O) groups excluding carboxylic acids is 1. The van der Waals surface area contributed by atoms with Gasteiger partial charge in [0.25, 0.3) is 0 Å². The Kier molecular flexibility index (Phi) is 5.26. The highest BCUT2D eigenvalue weighted by Gasteiger charge is 2.31. The molecular weight excluding hydrogens is 295 g/mol. The molecule has 0 spiro atoms. The van der Waals surface area contributed by atoms with Crippen molar-refractivity contribution in [2.75, 3.05) is 17.3 Å². The van der Waals surface area contributed by atoms with Gasteiger partial charge in [-0.15, -0.1) is 0 Å². The summed E-state index contributed by atoms with van der Waals surface area (Å²) in [5, 5.41) is 13.7. The molecule has 0 saturated carbocycles. The van der Waals surface area contributed by atoms with Crippen molar-refractivity contribution in [3.8, 4) is 0 Å². The third-order valence-electron chi connectivity index (χ3n) is 2.28. The van der Waals surface area contributed by atoms with E-state index in [0.29, 0.717) is 6.07 Å². The Balaban J connectivity index is 3.21. The van der Waals surface area contributed by atoms with Gasteiger partial charge in [-0.05, 0) is 24.5 Å². The van der Waals surface area contributed by atoms with Crippen molar-refractivity contribution in [1.82, 2.24) is 0 Å². The number of nitrogens with two attached hydrogens (primary N) is 1. The van der Waals surface area contributed by atoms with E-state index < -0.39 is 23.5 Å². The molecule has 110 valence electrons. The molecule has 1 aromatic rings. The monoisotopic (exact) mass is 307 g/mol. The fourth-order valence-corrected chi connectivity index (χ4v) is 1.75. The molecule has 0 aliphatic rings. The number of oxime groups is 1. The molecule has 0 bridgehead atoms. The number of alkyl halides is 3. The lowest BCUT2D eigenvalue weighted by molar-refractivity contribution is -0.137. The molecule has 20 heavy (non-hydrogen) atoms. The van der Waals surface area contributed by atoms with E-state index >= 15 is 0 Å². The van der Waals surface area contributed by atoms with E-state index in [1.165, 1.54) is 11.8 Å². The maximum atomic E-state index is 12.6. The van der Waals surface area contributed by atoms with E-state index in [9.17, 15) is 18.0 Å². The first-order chi connectivity index (χ1) is 9.29. The highest BCUT2D eigenvalue weighted by molar-refractivity contribution is 7.99. The van der Waals surface area contributed by atoms with Crippen LogP contribution in [-0.2, 0) is 11.0 Å². The van der Waals surface area contributed by atoms with Crippen LogP contribution in [0.5, 0.6) is 0 Å².